The van der Waals surface area contributed by atoms with E-state index in [0.717, 1.165) is 38.5 Å². The molecule has 0 aromatic rings. The summed E-state index contributed by atoms with van der Waals surface area (Å²) < 4.78 is 23.4. The van der Waals surface area contributed by atoms with Gasteiger partial charge >= 0.3 is 0 Å². The van der Waals surface area contributed by atoms with Crippen LogP contribution in [0.25, 0.3) is 0 Å². The van der Waals surface area contributed by atoms with E-state index in [1.165, 1.54) is 308 Å². The van der Waals surface area contributed by atoms with Gasteiger partial charge in [0.1, 0.15) is 13.2 Å². The summed E-state index contributed by atoms with van der Waals surface area (Å²) in [6.07, 6.45) is 84.4. The normalized spacial score (nSPS) is 13.8. The largest absolute Gasteiger partial charge is 0.756 e. The van der Waals surface area contributed by atoms with Crippen molar-refractivity contribution in [1.82, 2.24) is 5.32 Å². The number of carbonyl (C=O) groups is 1. The van der Waals surface area contributed by atoms with Gasteiger partial charge in [0, 0.05) is 6.42 Å². The number of phosphoric ester groups is 1. The van der Waals surface area contributed by atoms with Crippen molar-refractivity contribution >= 4 is 13.7 Å². The molecule has 0 saturated carbocycles. The Kier molecular flexibility index (Phi) is 62.2. The molecule has 0 aliphatic carbocycles. The molecule has 1 amide bonds. The molecule has 0 aromatic carbocycles. The molecule has 0 spiro atoms. The van der Waals surface area contributed by atoms with Gasteiger partial charge in [-0.2, -0.15) is 0 Å². The summed E-state index contributed by atoms with van der Waals surface area (Å²) in [4.78, 5) is 25.6. The lowest BCUT2D eigenvalue weighted by molar-refractivity contribution is -0.870. The van der Waals surface area contributed by atoms with Gasteiger partial charge in [0.15, 0.2) is 0 Å². The zero-order valence-electron chi connectivity index (χ0n) is 55.0. The summed E-state index contributed by atoms with van der Waals surface area (Å²) in [5, 5.41) is 13.9. The van der Waals surface area contributed by atoms with Gasteiger partial charge in [-0.05, 0) is 57.8 Å². The van der Waals surface area contributed by atoms with E-state index in [9.17, 15) is 19.4 Å². The van der Waals surface area contributed by atoms with E-state index in [4.69, 9.17) is 9.05 Å². The summed E-state index contributed by atoms with van der Waals surface area (Å²) in [7, 11) is 1.26. The number of amides is 1. The molecule has 0 aromatic heterocycles. The van der Waals surface area contributed by atoms with Crippen molar-refractivity contribution in [1.29, 1.82) is 0 Å². The molecule has 0 fully saturated rings. The van der Waals surface area contributed by atoms with E-state index < -0.39 is 20.0 Å². The summed E-state index contributed by atoms with van der Waals surface area (Å²) >= 11 is 0. The van der Waals surface area contributed by atoms with Gasteiger partial charge < -0.3 is 28.8 Å². The van der Waals surface area contributed by atoms with Crippen LogP contribution in [-0.4, -0.2) is 68.5 Å². The maximum Gasteiger partial charge on any atom is 0.268 e. The number of likely N-dealkylation sites (N-methyl/N-ethyl adjacent to an activating group) is 1. The first-order valence-electron chi connectivity index (χ1n) is 35.9. The van der Waals surface area contributed by atoms with E-state index in [-0.39, 0.29) is 19.1 Å². The van der Waals surface area contributed by atoms with Crippen LogP contribution >= 0.6 is 7.82 Å². The van der Waals surface area contributed by atoms with Crippen LogP contribution in [-0.2, 0) is 18.4 Å². The first kappa shape index (κ1) is 79.7. The number of hydrogen-bond donors (Lipinski definition) is 2. The monoisotopic (exact) mass is 1160 g/mol. The predicted octanol–water partition coefficient (Wildman–Crippen LogP) is 22.2. The van der Waals surface area contributed by atoms with E-state index in [0.29, 0.717) is 17.4 Å². The molecule has 0 saturated heterocycles. The number of rotatable bonds is 67. The fourth-order valence-corrected chi connectivity index (χ4v) is 11.7. The standard InChI is InChI=1S/C72H141N2O6P/c1-6-8-10-12-14-16-18-20-22-24-26-28-29-30-31-32-33-34-35-36-37-38-39-40-41-42-43-44-45-46-48-50-52-54-56-58-60-62-64-66-72(76)73-70(69-80-81(77,78)79-68-67-74(3,4)5)71(75)65-63-61-59-57-55-53-51-49-47-27-25-23-21-19-17-15-13-11-9-7-2/h36-37,55,57,63,65,70-71,75H,6-35,38-54,56,58-62,64,66-69H2,1-5H3,(H-,73,76,77,78)/b37-36-,57-55+,65-63+. The van der Waals surface area contributed by atoms with Crippen LogP contribution < -0.4 is 10.2 Å². The van der Waals surface area contributed by atoms with E-state index >= 15 is 0 Å². The fraction of sp³-hybridized carbons (Fsp3) is 0.903. The molecular weight excluding hydrogens is 1020 g/mol. The van der Waals surface area contributed by atoms with Crippen molar-refractivity contribution in [3.8, 4) is 0 Å². The third-order valence-electron chi connectivity index (χ3n) is 16.6. The minimum atomic E-state index is -4.61. The van der Waals surface area contributed by atoms with Crippen LogP contribution in [0.4, 0.5) is 0 Å². The molecule has 480 valence electrons. The number of unbranched alkanes of at least 4 members (excludes halogenated alkanes) is 50. The quantitative estimate of drug-likeness (QED) is 0.0272. The minimum absolute atomic E-state index is 0.00474. The van der Waals surface area contributed by atoms with Gasteiger partial charge in [-0.15, -0.1) is 0 Å². The number of nitrogens with zero attached hydrogens (tertiary/aromatic N) is 1. The second-order valence-electron chi connectivity index (χ2n) is 25.9. The highest BCUT2D eigenvalue weighted by Gasteiger charge is 2.23. The Morgan fingerprint density at radius 2 is 0.691 bits per heavy atom. The maximum atomic E-state index is 13.0. The number of carbonyl (C=O) groups excluding carboxylic acids is 1. The number of quaternary nitrogens is 1. The third kappa shape index (κ3) is 66.1. The highest BCUT2D eigenvalue weighted by Crippen LogP contribution is 2.38. The highest BCUT2D eigenvalue weighted by atomic mass is 31.2. The lowest BCUT2D eigenvalue weighted by atomic mass is 10.0. The Morgan fingerprint density at radius 3 is 1.00 bits per heavy atom. The van der Waals surface area contributed by atoms with Crippen molar-refractivity contribution in [2.75, 3.05) is 40.9 Å². The van der Waals surface area contributed by atoms with Gasteiger partial charge in [0.25, 0.3) is 7.82 Å². The SMILES string of the molecule is CCCCCCCCCCCCCCCC/C=C/CC/C=C/C(O)C(COP(=O)([O-])OCC[N+](C)(C)C)NC(=O)CCCCCCCCCCCCCCCCCCC/C=C\CCCCCCCCCCCCCCCCCCCC. The van der Waals surface area contributed by atoms with Crippen LogP contribution in [0, 0.1) is 0 Å². The topological polar surface area (TPSA) is 108 Å². The van der Waals surface area contributed by atoms with Crippen LogP contribution in [0.3, 0.4) is 0 Å². The molecule has 8 nitrogen and oxygen atoms in total. The molecule has 81 heavy (non-hydrogen) atoms. The molecular formula is C72H141N2O6P. The molecule has 3 unspecified atom stereocenters. The minimum Gasteiger partial charge on any atom is -0.756 e. The van der Waals surface area contributed by atoms with Crippen LogP contribution in [0.5, 0.6) is 0 Å². The van der Waals surface area contributed by atoms with E-state index in [1.807, 2.05) is 27.2 Å². The summed E-state index contributed by atoms with van der Waals surface area (Å²) in [6.45, 7) is 4.68. The average molecular weight is 1160 g/mol. The zero-order chi connectivity index (χ0) is 59.1. The van der Waals surface area contributed by atoms with Crippen LogP contribution in [0.15, 0.2) is 36.5 Å². The van der Waals surface area contributed by atoms with Gasteiger partial charge in [0.05, 0.1) is 39.9 Å². The van der Waals surface area contributed by atoms with Crippen molar-refractivity contribution in [3.05, 3.63) is 36.5 Å². The molecule has 3 atom stereocenters. The maximum absolute atomic E-state index is 13.0. The van der Waals surface area contributed by atoms with Gasteiger partial charge in [-0.1, -0.05) is 339 Å². The lowest BCUT2D eigenvalue weighted by Gasteiger charge is -2.29. The molecule has 0 bridgehead atoms. The molecule has 0 aliphatic heterocycles. The summed E-state index contributed by atoms with van der Waals surface area (Å²) in [5.74, 6) is -0.201. The predicted molar refractivity (Wildman–Crippen MR) is 353 cm³/mol. The number of hydrogen-bond acceptors (Lipinski definition) is 6. The number of allylic oxidation sites excluding steroid dienone is 5. The van der Waals surface area contributed by atoms with Crippen molar-refractivity contribution in [3.63, 3.8) is 0 Å². The first-order valence-corrected chi connectivity index (χ1v) is 37.3. The first-order chi connectivity index (χ1) is 39.5. The third-order valence-corrected chi connectivity index (χ3v) is 17.5. The van der Waals surface area contributed by atoms with Crippen LogP contribution in [0.2, 0.25) is 0 Å². The Morgan fingerprint density at radius 1 is 0.420 bits per heavy atom. The Bertz CT molecular complexity index is 1410. The number of nitrogens with one attached hydrogen (secondary N) is 1. The molecule has 0 rings (SSSR count). The average Bonchev–Trinajstić information content (AvgIpc) is 3.43. The number of aliphatic hydroxyl groups is 1. The molecule has 9 heteroatoms. The Balaban J connectivity index is 3.95. The van der Waals surface area contributed by atoms with Crippen molar-refractivity contribution < 1.29 is 32.9 Å². The highest BCUT2D eigenvalue weighted by molar-refractivity contribution is 7.45. The second kappa shape index (κ2) is 63.2. The smallest absolute Gasteiger partial charge is 0.268 e. The van der Waals surface area contributed by atoms with Gasteiger partial charge in [-0.3, -0.25) is 9.36 Å². The zero-order valence-corrected chi connectivity index (χ0v) is 55.9. The summed E-state index contributed by atoms with van der Waals surface area (Å²) in [6, 6.07) is -0.903. The van der Waals surface area contributed by atoms with Gasteiger partial charge in [-0.25, -0.2) is 0 Å². The second-order valence-corrected chi connectivity index (χ2v) is 27.3. The van der Waals surface area contributed by atoms with Gasteiger partial charge in [0.2, 0.25) is 5.91 Å². The van der Waals surface area contributed by atoms with Crippen molar-refractivity contribution in [2.24, 2.45) is 0 Å². The number of aliphatic hydroxyl groups excluding tert-OH is 1. The Labute approximate surface area is 506 Å². The van der Waals surface area contributed by atoms with E-state index in [2.05, 4.69) is 43.5 Å². The molecule has 0 aliphatic rings. The fourth-order valence-electron chi connectivity index (χ4n) is 11.0. The van der Waals surface area contributed by atoms with Crippen LogP contribution in [0.1, 0.15) is 367 Å². The van der Waals surface area contributed by atoms with Crippen molar-refractivity contribution in [2.45, 2.75) is 379 Å². The molecule has 0 heterocycles. The lowest BCUT2D eigenvalue weighted by Crippen LogP contribution is -2.45. The Hall–Kier alpha value is -1.28. The van der Waals surface area contributed by atoms with E-state index in [1.54, 1.807) is 6.08 Å². The molecule has 2 N–H and O–H groups in total. The number of phosphoric acid groups is 1. The summed E-state index contributed by atoms with van der Waals surface area (Å²) in [5.41, 5.74) is 0. The molecule has 0 radical (unpaired) electrons.